The molecule has 0 heterocycles. The summed E-state index contributed by atoms with van der Waals surface area (Å²) in [5.74, 6) is -0.287. The monoisotopic (exact) mass is 252 g/mol. The molecular formula is C12H16N2O4. The highest BCUT2D eigenvalue weighted by molar-refractivity contribution is 5.94. The highest BCUT2D eigenvalue weighted by Gasteiger charge is 2.13. The number of nitro groups is 1. The lowest BCUT2D eigenvalue weighted by atomic mass is 10.1. The van der Waals surface area contributed by atoms with E-state index in [9.17, 15) is 14.9 Å². The van der Waals surface area contributed by atoms with Gasteiger partial charge in [0, 0.05) is 30.3 Å². The molecule has 1 amide bonds. The van der Waals surface area contributed by atoms with E-state index in [4.69, 9.17) is 5.11 Å². The third kappa shape index (κ3) is 3.81. The van der Waals surface area contributed by atoms with Gasteiger partial charge in [-0.05, 0) is 25.0 Å². The largest absolute Gasteiger partial charge is 0.396 e. The first-order valence-electron chi connectivity index (χ1n) is 5.74. The molecule has 1 rings (SSSR count). The number of aliphatic hydroxyl groups is 1. The van der Waals surface area contributed by atoms with Gasteiger partial charge < -0.3 is 10.4 Å². The van der Waals surface area contributed by atoms with Crippen LogP contribution in [-0.4, -0.2) is 28.6 Å². The van der Waals surface area contributed by atoms with Crippen molar-refractivity contribution in [2.75, 3.05) is 6.61 Å². The van der Waals surface area contributed by atoms with Gasteiger partial charge in [0.2, 0.25) is 0 Å². The van der Waals surface area contributed by atoms with E-state index >= 15 is 0 Å². The van der Waals surface area contributed by atoms with Crippen molar-refractivity contribution in [2.45, 2.75) is 25.8 Å². The van der Waals surface area contributed by atoms with Gasteiger partial charge in [-0.1, -0.05) is 6.92 Å². The van der Waals surface area contributed by atoms with Gasteiger partial charge >= 0.3 is 0 Å². The highest BCUT2D eigenvalue weighted by Crippen LogP contribution is 2.12. The number of amides is 1. The SMILES string of the molecule is CCC(CCO)NC(=O)c1ccc([N+](=O)[O-])cc1. The summed E-state index contributed by atoms with van der Waals surface area (Å²) in [6.45, 7) is 1.93. The van der Waals surface area contributed by atoms with E-state index in [1.165, 1.54) is 24.3 Å². The van der Waals surface area contributed by atoms with Gasteiger partial charge in [-0.25, -0.2) is 0 Å². The fourth-order valence-corrected chi connectivity index (χ4v) is 1.54. The maximum atomic E-state index is 11.8. The quantitative estimate of drug-likeness (QED) is 0.592. The third-order valence-electron chi connectivity index (χ3n) is 2.65. The molecule has 1 unspecified atom stereocenters. The molecule has 0 fully saturated rings. The minimum atomic E-state index is -0.512. The van der Waals surface area contributed by atoms with Crippen LogP contribution in [0.5, 0.6) is 0 Å². The molecule has 0 aliphatic rings. The van der Waals surface area contributed by atoms with Crippen LogP contribution >= 0.6 is 0 Å². The van der Waals surface area contributed by atoms with Crippen LogP contribution in [0.15, 0.2) is 24.3 Å². The predicted molar refractivity (Wildman–Crippen MR) is 66.3 cm³/mol. The van der Waals surface area contributed by atoms with Crippen molar-refractivity contribution >= 4 is 11.6 Å². The Kier molecular flexibility index (Phi) is 5.26. The second kappa shape index (κ2) is 6.70. The van der Waals surface area contributed by atoms with Crippen LogP contribution in [-0.2, 0) is 0 Å². The zero-order chi connectivity index (χ0) is 13.5. The first kappa shape index (κ1) is 14.1. The minimum absolute atomic E-state index is 0.0129. The first-order chi connectivity index (χ1) is 8.58. The molecular weight excluding hydrogens is 236 g/mol. The molecule has 98 valence electrons. The van der Waals surface area contributed by atoms with Crippen LogP contribution in [0.4, 0.5) is 5.69 Å². The maximum absolute atomic E-state index is 11.8. The summed E-state index contributed by atoms with van der Waals surface area (Å²) in [6, 6.07) is 5.33. The van der Waals surface area contributed by atoms with E-state index in [1.807, 2.05) is 6.92 Å². The Morgan fingerprint density at radius 3 is 2.50 bits per heavy atom. The van der Waals surface area contributed by atoms with Crippen molar-refractivity contribution in [1.29, 1.82) is 0 Å². The fourth-order valence-electron chi connectivity index (χ4n) is 1.54. The summed E-state index contributed by atoms with van der Waals surface area (Å²) in [6.07, 6.45) is 1.22. The molecule has 0 aliphatic heterocycles. The smallest absolute Gasteiger partial charge is 0.269 e. The Morgan fingerprint density at radius 1 is 1.44 bits per heavy atom. The van der Waals surface area contributed by atoms with Gasteiger partial charge in [0.1, 0.15) is 0 Å². The summed E-state index contributed by atoms with van der Waals surface area (Å²) >= 11 is 0. The van der Waals surface area contributed by atoms with Crippen LogP contribution in [0, 0.1) is 10.1 Å². The number of rotatable bonds is 6. The Hall–Kier alpha value is -1.95. The van der Waals surface area contributed by atoms with E-state index < -0.39 is 4.92 Å². The average molecular weight is 252 g/mol. The highest BCUT2D eigenvalue weighted by atomic mass is 16.6. The molecule has 1 atom stereocenters. The Balaban J connectivity index is 2.69. The molecule has 0 aromatic heterocycles. The second-order valence-electron chi connectivity index (χ2n) is 3.89. The number of benzene rings is 1. The van der Waals surface area contributed by atoms with Crippen molar-refractivity contribution in [3.63, 3.8) is 0 Å². The summed E-state index contributed by atoms with van der Waals surface area (Å²) in [7, 11) is 0. The number of nitro benzene ring substituents is 1. The number of carbonyl (C=O) groups excluding carboxylic acids is 1. The summed E-state index contributed by atoms with van der Waals surface area (Å²) in [5.41, 5.74) is 0.325. The lowest BCUT2D eigenvalue weighted by molar-refractivity contribution is -0.384. The molecule has 1 aromatic carbocycles. The van der Waals surface area contributed by atoms with Crippen LogP contribution < -0.4 is 5.32 Å². The normalized spacial score (nSPS) is 11.9. The predicted octanol–water partition coefficient (Wildman–Crippen LogP) is 1.49. The van der Waals surface area contributed by atoms with Crippen molar-refractivity contribution in [3.05, 3.63) is 39.9 Å². The van der Waals surface area contributed by atoms with Crippen LogP contribution in [0.1, 0.15) is 30.1 Å². The Morgan fingerprint density at radius 2 is 2.06 bits per heavy atom. The lowest BCUT2D eigenvalue weighted by Crippen LogP contribution is -2.35. The number of aliphatic hydroxyl groups excluding tert-OH is 1. The molecule has 1 aromatic rings. The lowest BCUT2D eigenvalue weighted by Gasteiger charge is -2.15. The van der Waals surface area contributed by atoms with Gasteiger partial charge in [0.15, 0.2) is 0 Å². The summed E-state index contributed by atoms with van der Waals surface area (Å²) in [5, 5.41) is 22.1. The molecule has 0 bridgehead atoms. The van der Waals surface area contributed by atoms with Gasteiger partial charge in [-0.3, -0.25) is 14.9 Å². The fraction of sp³-hybridized carbons (Fsp3) is 0.417. The number of carbonyl (C=O) groups is 1. The zero-order valence-corrected chi connectivity index (χ0v) is 10.1. The molecule has 0 radical (unpaired) electrons. The van der Waals surface area contributed by atoms with Crippen molar-refractivity contribution < 1.29 is 14.8 Å². The van der Waals surface area contributed by atoms with E-state index in [0.29, 0.717) is 12.0 Å². The molecule has 0 spiro atoms. The number of hydrogen-bond donors (Lipinski definition) is 2. The standard InChI is InChI=1S/C12H16N2O4/c1-2-10(7-8-15)13-12(16)9-3-5-11(6-4-9)14(17)18/h3-6,10,15H,2,7-8H2,1H3,(H,13,16). The van der Waals surface area contributed by atoms with Gasteiger partial charge in [0.25, 0.3) is 11.6 Å². The second-order valence-corrected chi connectivity index (χ2v) is 3.89. The zero-order valence-electron chi connectivity index (χ0n) is 10.1. The maximum Gasteiger partial charge on any atom is 0.269 e. The molecule has 6 nitrogen and oxygen atoms in total. The number of nitrogens with one attached hydrogen (secondary N) is 1. The number of non-ortho nitro benzene ring substituents is 1. The molecule has 6 heteroatoms. The van der Waals surface area contributed by atoms with E-state index in [1.54, 1.807) is 0 Å². The minimum Gasteiger partial charge on any atom is -0.396 e. The van der Waals surface area contributed by atoms with Crippen molar-refractivity contribution in [2.24, 2.45) is 0 Å². The van der Waals surface area contributed by atoms with Gasteiger partial charge in [-0.2, -0.15) is 0 Å². The number of nitrogens with zero attached hydrogens (tertiary/aromatic N) is 1. The molecule has 0 saturated heterocycles. The molecule has 0 aliphatic carbocycles. The van der Waals surface area contributed by atoms with Crippen LogP contribution in [0.3, 0.4) is 0 Å². The van der Waals surface area contributed by atoms with Gasteiger partial charge in [0.05, 0.1) is 4.92 Å². The van der Waals surface area contributed by atoms with E-state index in [-0.39, 0.29) is 24.2 Å². The van der Waals surface area contributed by atoms with Crippen LogP contribution in [0.25, 0.3) is 0 Å². The molecule has 2 N–H and O–H groups in total. The van der Waals surface area contributed by atoms with Crippen molar-refractivity contribution in [3.8, 4) is 0 Å². The molecule has 18 heavy (non-hydrogen) atoms. The first-order valence-corrected chi connectivity index (χ1v) is 5.74. The summed E-state index contributed by atoms with van der Waals surface area (Å²) < 4.78 is 0. The molecule has 0 saturated carbocycles. The van der Waals surface area contributed by atoms with E-state index in [2.05, 4.69) is 5.32 Å². The van der Waals surface area contributed by atoms with Crippen LogP contribution in [0.2, 0.25) is 0 Å². The Bertz CT molecular complexity index is 417. The van der Waals surface area contributed by atoms with Crippen molar-refractivity contribution in [1.82, 2.24) is 5.32 Å². The Labute approximate surface area is 105 Å². The van der Waals surface area contributed by atoms with Gasteiger partial charge in [-0.15, -0.1) is 0 Å². The summed E-state index contributed by atoms with van der Waals surface area (Å²) in [4.78, 5) is 21.8. The average Bonchev–Trinajstić information content (AvgIpc) is 2.38. The topological polar surface area (TPSA) is 92.5 Å². The third-order valence-corrected chi connectivity index (χ3v) is 2.65. The number of hydrogen-bond acceptors (Lipinski definition) is 4. The van der Waals surface area contributed by atoms with E-state index in [0.717, 1.165) is 6.42 Å².